The second kappa shape index (κ2) is 19.8. The van der Waals surface area contributed by atoms with Gasteiger partial charge in [-0.05, 0) is 51.9 Å². The minimum absolute atomic E-state index is 0.00778. The molecule has 0 amide bonds. The maximum Gasteiger partial charge on any atom is 0.187 e. The van der Waals surface area contributed by atoms with Crippen LogP contribution in [0.2, 0.25) is 0 Å². The highest BCUT2D eigenvalue weighted by Crippen LogP contribution is 2.33. The number of benzene rings is 4. The summed E-state index contributed by atoms with van der Waals surface area (Å²) in [4.78, 5) is 0. The fourth-order valence-electron chi connectivity index (χ4n) is 8.02. The highest BCUT2D eigenvalue weighted by molar-refractivity contribution is 5.64. The molecule has 4 aromatic rings. The Morgan fingerprint density at radius 1 is 0.525 bits per heavy atom. The van der Waals surface area contributed by atoms with E-state index in [9.17, 15) is 25.5 Å². The molecule has 2 saturated heterocycles. The topological polar surface area (TPSA) is 261 Å². The van der Waals surface area contributed by atoms with Crippen LogP contribution in [-0.2, 0) is 41.6 Å². The lowest BCUT2D eigenvalue weighted by Gasteiger charge is -2.48. The van der Waals surface area contributed by atoms with Crippen molar-refractivity contribution in [3.05, 3.63) is 120 Å². The Hall–Kier alpha value is -3.72. The molecule has 4 aromatic carbocycles. The van der Waals surface area contributed by atoms with Gasteiger partial charge in [-0.25, -0.2) is 0 Å². The van der Waals surface area contributed by atoms with Gasteiger partial charge in [0.1, 0.15) is 61.0 Å². The molecule has 3 aliphatic rings. The summed E-state index contributed by atoms with van der Waals surface area (Å²) in [5.74, 6) is 0. The summed E-state index contributed by atoms with van der Waals surface area (Å²) in [7, 11) is 0. The zero-order chi connectivity index (χ0) is 41.6. The van der Waals surface area contributed by atoms with E-state index in [2.05, 4.69) is 6.07 Å². The van der Waals surface area contributed by atoms with Crippen molar-refractivity contribution in [1.29, 1.82) is 0 Å². The molecule has 318 valence electrons. The van der Waals surface area contributed by atoms with Gasteiger partial charge in [-0.2, -0.15) is 0 Å². The standard InChI is InChI=1S/C44H56N4O11/c45-20-32-35(49)37(51)38(52)44(56-32)59-41-31(47)19-30(46)40(39(41)53)58-43-36(50)34(48)42(55-22-25-10-8-16-29(18-25)27-13-5-2-6-14-27)33(57-43)23-54-21-24-9-7-15-28(17-24)26-11-3-1-4-12-26/h1-18,30-44,49-53H,19-23,45-48H2/t30-,31+,32-,33-,34-,35-,36-,37+,38-,39-,40+,41-,42-,43+,44-/m1/s1. The van der Waals surface area contributed by atoms with Crippen molar-refractivity contribution in [2.24, 2.45) is 22.9 Å². The number of aliphatic hydroxyl groups excluding tert-OH is 5. The van der Waals surface area contributed by atoms with Crippen LogP contribution >= 0.6 is 0 Å². The van der Waals surface area contributed by atoms with E-state index in [0.717, 1.165) is 33.4 Å². The summed E-state index contributed by atoms with van der Waals surface area (Å²) in [6, 6.07) is 33.2. The third-order valence-electron chi connectivity index (χ3n) is 11.3. The molecule has 1 aliphatic carbocycles. The number of aliphatic hydroxyl groups is 5. The second-order valence-electron chi connectivity index (χ2n) is 15.5. The first kappa shape index (κ1) is 43.4. The molecule has 59 heavy (non-hydrogen) atoms. The van der Waals surface area contributed by atoms with Crippen molar-refractivity contribution in [3.63, 3.8) is 0 Å². The minimum atomic E-state index is -1.68. The first-order valence-corrected chi connectivity index (χ1v) is 20.0. The lowest BCUT2D eigenvalue weighted by molar-refractivity contribution is -0.334. The van der Waals surface area contributed by atoms with Gasteiger partial charge in [0.25, 0.3) is 0 Å². The van der Waals surface area contributed by atoms with E-state index in [0.29, 0.717) is 0 Å². The predicted octanol–water partition coefficient (Wildman–Crippen LogP) is 0.492. The molecule has 0 unspecified atom stereocenters. The summed E-state index contributed by atoms with van der Waals surface area (Å²) in [5.41, 5.74) is 31.3. The molecule has 15 heteroatoms. The summed E-state index contributed by atoms with van der Waals surface area (Å²) in [6.45, 7) is 0.233. The largest absolute Gasteiger partial charge is 0.388 e. The van der Waals surface area contributed by atoms with Crippen LogP contribution in [0.3, 0.4) is 0 Å². The van der Waals surface area contributed by atoms with Gasteiger partial charge in [0.05, 0.1) is 25.9 Å². The molecule has 13 N–H and O–H groups in total. The van der Waals surface area contributed by atoms with Crippen LogP contribution in [-0.4, -0.2) is 130 Å². The van der Waals surface area contributed by atoms with Gasteiger partial charge in [-0.1, -0.05) is 97.1 Å². The van der Waals surface area contributed by atoms with Gasteiger partial charge >= 0.3 is 0 Å². The molecule has 0 aromatic heterocycles. The Bertz CT molecular complexity index is 1910. The van der Waals surface area contributed by atoms with Gasteiger partial charge in [0, 0.05) is 18.6 Å². The minimum Gasteiger partial charge on any atom is -0.388 e. The third-order valence-corrected chi connectivity index (χ3v) is 11.3. The van der Waals surface area contributed by atoms with Crippen LogP contribution in [0.15, 0.2) is 109 Å². The second-order valence-corrected chi connectivity index (χ2v) is 15.5. The first-order valence-electron chi connectivity index (χ1n) is 20.0. The molecule has 2 heterocycles. The quantitative estimate of drug-likeness (QED) is 0.0839. The van der Waals surface area contributed by atoms with Crippen LogP contribution < -0.4 is 22.9 Å². The van der Waals surface area contributed by atoms with E-state index in [1.807, 2.05) is 103 Å². The monoisotopic (exact) mass is 816 g/mol. The van der Waals surface area contributed by atoms with Gasteiger partial charge in [0.15, 0.2) is 12.6 Å². The normalized spacial score (nSPS) is 35.0. The average molecular weight is 817 g/mol. The molecule has 3 fully saturated rings. The predicted molar refractivity (Wildman–Crippen MR) is 217 cm³/mol. The fraction of sp³-hybridized carbons (Fsp3) is 0.455. The number of rotatable bonds is 14. The van der Waals surface area contributed by atoms with E-state index < -0.39 is 91.7 Å². The smallest absolute Gasteiger partial charge is 0.187 e. The molecular formula is C44H56N4O11. The van der Waals surface area contributed by atoms with Crippen molar-refractivity contribution < 1.29 is 54.0 Å². The Morgan fingerprint density at radius 3 is 1.59 bits per heavy atom. The van der Waals surface area contributed by atoms with Crippen molar-refractivity contribution in [3.8, 4) is 22.3 Å². The highest BCUT2D eigenvalue weighted by Gasteiger charge is 2.52. The molecule has 15 nitrogen and oxygen atoms in total. The third kappa shape index (κ3) is 10.1. The average Bonchev–Trinajstić information content (AvgIpc) is 3.26. The highest BCUT2D eigenvalue weighted by atomic mass is 16.7. The Morgan fingerprint density at radius 2 is 1.03 bits per heavy atom. The summed E-state index contributed by atoms with van der Waals surface area (Å²) < 4.78 is 36.9. The van der Waals surface area contributed by atoms with Crippen LogP contribution in [0.5, 0.6) is 0 Å². The summed E-state index contributed by atoms with van der Waals surface area (Å²) >= 11 is 0. The Kier molecular flexibility index (Phi) is 14.5. The fourth-order valence-corrected chi connectivity index (χ4v) is 8.02. The van der Waals surface area contributed by atoms with E-state index in [4.69, 9.17) is 51.4 Å². The SMILES string of the molecule is NC[C@H]1O[C@H](O[C@H]2[C@H](O)[C@@H](O[C@@H]3O[C@H](COCc4cccc(-c5ccccc5)c4)[C@@H](OCc4cccc(-c5ccccc5)c4)[C@H](N)[C@H]3O)[C@H](N)C[C@@H]2N)[C@H](O)[C@@H](O)[C@@H]1O. The lowest BCUT2D eigenvalue weighted by Crippen LogP contribution is -2.68. The number of hydrogen-bond donors (Lipinski definition) is 9. The zero-order valence-corrected chi connectivity index (χ0v) is 32.6. The first-order chi connectivity index (χ1) is 28.5. The molecule has 2 aliphatic heterocycles. The van der Waals surface area contributed by atoms with Gasteiger partial charge in [0.2, 0.25) is 0 Å². The van der Waals surface area contributed by atoms with Crippen LogP contribution in [0.4, 0.5) is 0 Å². The molecule has 15 atom stereocenters. The lowest BCUT2D eigenvalue weighted by atomic mass is 9.84. The van der Waals surface area contributed by atoms with Crippen molar-refractivity contribution in [2.45, 2.75) is 111 Å². The summed E-state index contributed by atoms with van der Waals surface area (Å²) in [6.07, 6.45) is -15.7. The molecule has 0 spiro atoms. The van der Waals surface area contributed by atoms with Gasteiger partial charge < -0.3 is 76.9 Å². The van der Waals surface area contributed by atoms with Crippen molar-refractivity contribution in [2.75, 3.05) is 13.2 Å². The number of ether oxygens (including phenoxy) is 6. The van der Waals surface area contributed by atoms with E-state index in [1.165, 1.54) is 0 Å². The maximum absolute atomic E-state index is 11.6. The van der Waals surface area contributed by atoms with Crippen molar-refractivity contribution in [1.82, 2.24) is 0 Å². The van der Waals surface area contributed by atoms with Crippen LogP contribution in [0, 0.1) is 0 Å². The van der Waals surface area contributed by atoms with E-state index in [1.54, 1.807) is 0 Å². The van der Waals surface area contributed by atoms with Crippen molar-refractivity contribution >= 4 is 0 Å². The van der Waals surface area contributed by atoms with E-state index in [-0.39, 0.29) is 32.8 Å². The molecular weight excluding hydrogens is 761 g/mol. The maximum atomic E-state index is 11.6. The van der Waals surface area contributed by atoms with Crippen LogP contribution in [0.1, 0.15) is 17.5 Å². The molecule has 1 saturated carbocycles. The van der Waals surface area contributed by atoms with Gasteiger partial charge in [-0.15, -0.1) is 0 Å². The Labute approximate surface area is 343 Å². The van der Waals surface area contributed by atoms with E-state index >= 15 is 0 Å². The Balaban J connectivity index is 1.07. The summed E-state index contributed by atoms with van der Waals surface area (Å²) in [5, 5.41) is 54.5. The number of hydrogen-bond acceptors (Lipinski definition) is 15. The van der Waals surface area contributed by atoms with Crippen LogP contribution in [0.25, 0.3) is 22.3 Å². The zero-order valence-electron chi connectivity index (χ0n) is 32.6. The van der Waals surface area contributed by atoms with Gasteiger partial charge in [-0.3, -0.25) is 0 Å². The molecule has 0 radical (unpaired) electrons. The molecule has 7 rings (SSSR count). The molecule has 0 bridgehead atoms. The number of nitrogens with two attached hydrogens (primary N) is 4.